The van der Waals surface area contributed by atoms with Crippen LogP contribution in [0.15, 0.2) is 41.3 Å². The van der Waals surface area contributed by atoms with E-state index >= 15 is 0 Å². The number of hydrogen-bond donors (Lipinski definition) is 1. The highest BCUT2D eigenvalue weighted by atomic mass is 35.5. The first-order chi connectivity index (χ1) is 11.6. The lowest BCUT2D eigenvalue weighted by atomic mass is 10.2. The summed E-state index contributed by atoms with van der Waals surface area (Å²) in [5.74, 6) is 0. The van der Waals surface area contributed by atoms with Gasteiger partial charge < -0.3 is 10.1 Å². The zero-order valence-electron chi connectivity index (χ0n) is 13.1. The second kappa shape index (κ2) is 7.95. The molecule has 0 spiro atoms. The van der Waals surface area contributed by atoms with Crippen LogP contribution in [0.3, 0.4) is 0 Å². The molecule has 2 aromatic rings. The van der Waals surface area contributed by atoms with Crippen LogP contribution in [0, 0.1) is 0 Å². The topological polar surface area (TPSA) is 58.6 Å². The smallest absolute Gasteiger partial charge is 0.243 e. The normalized spacial score (nSPS) is 16.4. The van der Waals surface area contributed by atoms with Crippen LogP contribution in [0.25, 0.3) is 0 Å². The number of sulfonamides is 1. The number of thiophene rings is 1. The van der Waals surface area contributed by atoms with E-state index in [1.807, 2.05) is 24.3 Å². The fourth-order valence-corrected chi connectivity index (χ4v) is 4.96. The molecular weight excluding hydrogens is 368 g/mol. The van der Waals surface area contributed by atoms with Crippen molar-refractivity contribution >= 4 is 33.0 Å². The Morgan fingerprint density at radius 1 is 1.08 bits per heavy atom. The van der Waals surface area contributed by atoms with E-state index in [1.54, 1.807) is 23.5 Å². The lowest BCUT2D eigenvalue weighted by Gasteiger charge is -2.26. The molecule has 130 valence electrons. The van der Waals surface area contributed by atoms with Gasteiger partial charge in [0, 0.05) is 31.1 Å². The first kappa shape index (κ1) is 17.8. The Morgan fingerprint density at radius 2 is 1.79 bits per heavy atom. The van der Waals surface area contributed by atoms with Gasteiger partial charge in [0.1, 0.15) is 0 Å². The number of morpholine rings is 1. The average Bonchev–Trinajstić information content (AvgIpc) is 3.01. The first-order valence-corrected chi connectivity index (χ1v) is 10.3. The summed E-state index contributed by atoms with van der Waals surface area (Å²) in [6.45, 7) is 3.14. The Balaban J connectivity index is 1.58. The fourth-order valence-electron chi connectivity index (χ4n) is 2.49. The summed E-state index contributed by atoms with van der Waals surface area (Å²) in [5.41, 5.74) is 1.04. The molecule has 3 rings (SSSR count). The summed E-state index contributed by atoms with van der Waals surface area (Å²) in [7, 11) is -3.42. The van der Waals surface area contributed by atoms with E-state index in [2.05, 4.69) is 5.32 Å². The number of rotatable bonds is 6. The molecule has 1 aromatic carbocycles. The van der Waals surface area contributed by atoms with Crippen molar-refractivity contribution in [2.45, 2.75) is 18.0 Å². The highest BCUT2D eigenvalue weighted by molar-refractivity contribution is 7.89. The highest BCUT2D eigenvalue weighted by Crippen LogP contribution is 2.21. The van der Waals surface area contributed by atoms with Gasteiger partial charge in [-0.15, -0.1) is 11.3 Å². The van der Waals surface area contributed by atoms with Crippen molar-refractivity contribution in [1.29, 1.82) is 0 Å². The van der Waals surface area contributed by atoms with Gasteiger partial charge in [-0.3, -0.25) is 0 Å². The van der Waals surface area contributed by atoms with Gasteiger partial charge in [0.2, 0.25) is 10.0 Å². The zero-order chi connectivity index (χ0) is 17.0. The van der Waals surface area contributed by atoms with Gasteiger partial charge in [-0.2, -0.15) is 4.31 Å². The molecule has 0 bridgehead atoms. The van der Waals surface area contributed by atoms with Crippen LogP contribution in [0.2, 0.25) is 4.34 Å². The third-order valence-corrected chi connectivity index (χ3v) is 6.93. The van der Waals surface area contributed by atoms with Crippen molar-refractivity contribution in [2.24, 2.45) is 0 Å². The second-order valence-corrected chi connectivity index (χ2v) is 9.21. The van der Waals surface area contributed by atoms with Crippen LogP contribution >= 0.6 is 22.9 Å². The number of nitrogens with zero attached hydrogens (tertiary/aromatic N) is 1. The molecule has 8 heteroatoms. The zero-order valence-corrected chi connectivity index (χ0v) is 15.5. The van der Waals surface area contributed by atoms with Crippen molar-refractivity contribution in [3.05, 3.63) is 51.2 Å². The summed E-state index contributed by atoms with van der Waals surface area (Å²) < 4.78 is 32.6. The van der Waals surface area contributed by atoms with Gasteiger partial charge in [-0.05, 0) is 29.8 Å². The van der Waals surface area contributed by atoms with Crippen molar-refractivity contribution in [3.63, 3.8) is 0 Å². The summed E-state index contributed by atoms with van der Waals surface area (Å²) in [4.78, 5) is 1.50. The Morgan fingerprint density at radius 3 is 2.42 bits per heavy atom. The molecule has 0 aliphatic carbocycles. The third-order valence-electron chi connectivity index (χ3n) is 3.79. The van der Waals surface area contributed by atoms with E-state index in [1.165, 1.54) is 9.18 Å². The Bertz CT molecular complexity index is 769. The average molecular weight is 387 g/mol. The van der Waals surface area contributed by atoms with Crippen LogP contribution < -0.4 is 5.32 Å². The largest absolute Gasteiger partial charge is 0.379 e. The van der Waals surface area contributed by atoms with Crippen LogP contribution in [-0.4, -0.2) is 39.0 Å². The summed E-state index contributed by atoms with van der Waals surface area (Å²) >= 11 is 7.45. The van der Waals surface area contributed by atoms with Gasteiger partial charge in [-0.1, -0.05) is 23.7 Å². The molecule has 1 fully saturated rings. The maximum absolute atomic E-state index is 12.5. The Labute approximate surface area is 151 Å². The van der Waals surface area contributed by atoms with Crippen LogP contribution in [0.5, 0.6) is 0 Å². The standard InChI is InChI=1S/C16H19ClN2O3S2/c17-16-6-3-14(23-16)12-18-11-13-1-4-15(5-2-13)24(20,21)19-7-9-22-10-8-19/h1-6,18H,7-12H2. The molecular formula is C16H19ClN2O3S2. The molecule has 0 saturated carbocycles. The summed E-state index contributed by atoms with van der Waals surface area (Å²) in [6, 6.07) is 10.9. The van der Waals surface area contributed by atoms with Gasteiger partial charge >= 0.3 is 0 Å². The van der Waals surface area contributed by atoms with Crippen molar-refractivity contribution in [2.75, 3.05) is 26.3 Å². The number of halogens is 1. The fraction of sp³-hybridized carbons (Fsp3) is 0.375. The van der Waals surface area contributed by atoms with Crippen LogP contribution in [0.4, 0.5) is 0 Å². The molecule has 24 heavy (non-hydrogen) atoms. The molecule has 1 aliphatic heterocycles. The molecule has 0 atom stereocenters. The summed E-state index contributed by atoms with van der Waals surface area (Å²) in [5, 5.41) is 3.33. The third kappa shape index (κ3) is 4.36. The van der Waals surface area contributed by atoms with E-state index in [0.29, 0.717) is 37.7 Å². The maximum Gasteiger partial charge on any atom is 0.243 e. The van der Waals surface area contributed by atoms with E-state index in [-0.39, 0.29) is 0 Å². The van der Waals surface area contributed by atoms with Gasteiger partial charge in [-0.25, -0.2) is 8.42 Å². The molecule has 1 saturated heterocycles. The second-order valence-electron chi connectivity index (χ2n) is 5.47. The van der Waals surface area contributed by atoms with Crippen LogP contribution in [0.1, 0.15) is 10.4 Å². The number of benzene rings is 1. The van der Waals surface area contributed by atoms with E-state index < -0.39 is 10.0 Å². The van der Waals surface area contributed by atoms with E-state index in [9.17, 15) is 8.42 Å². The molecule has 0 unspecified atom stereocenters. The van der Waals surface area contributed by atoms with Gasteiger partial charge in [0.25, 0.3) is 0 Å². The quantitative estimate of drug-likeness (QED) is 0.829. The van der Waals surface area contributed by atoms with Crippen molar-refractivity contribution in [3.8, 4) is 0 Å². The molecule has 0 radical (unpaired) electrons. The van der Waals surface area contributed by atoms with Crippen molar-refractivity contribution in [1.82, 2.24) is 9.62 Å². The predicted molar refractivity (Wildman–Crippen MR) is 95.9 cm³/mol. The van der Waals surface area contributed by atoms with Crippen molar-refractivity contribution < 1.29 is 13.2 Å². The molecule has 1 aromatic heterocycles. The minimum atomic E-state index is -3.42. The number of nitrogens with one attached hydrogen (secondary N) is 1. The Hall–Kier alpha value is -0.960. The Kier molecular flexibility index (Phi) is 5.91. The molecule has 1 aliphatic rings. The summed E-state index contributed by atoms with van der Waals surface area (Å²) in [6.07, 6.45) is 0. The number of hydrogen-bond acceptors (Lipinski definition) is 5. The molecule has 1 N–H and O–H groups in total. The minimum absolute atomic E-state index is 0.332. The van der Waals surface area contributed by atoms with E-state index in [0.717, 1.165) is 16.4 Å². The predicted octanol–water partition coefficient (Wildman–Crippen LogP) is 2.71. The van der Waals surface area contributed by atoms with Gasteiger partial charge in [0.05, 0.1) is 22.4 Å². The lowest BCUT2D eigenvalue weighted by molar-refractivity contribution is 0.0730. The van der Waals surface area contributed by atoms with Gasteiger partial charge in [0.15, 0.2) is 0 Å². The minimum Gasteiger partial charge on any atom is -0.379 e. The van der Waals surface area contributed by atoms with E-state index in [4.69, 9.17) is 16.3 Å². The highest BCUT2D eigenvalue weighted by Gasteiger charge is 2.25. The monoisotopic (exact) mass is 386 g/mol. The maximum atomic E-state index is 12.5. The molecule has 0 amide bonds. The number of ether oxygens (including phenoxy) is 1. The molecule has 2 heterocycles. The lowest BCUT2D eigenvalue weighted by Crippen LogP contribution is -2.40. The SMILES string of the molecule is O=S(=O)(c1ccc(CNCc2ccc(Cl)s2)cc1)N1CCOCC1. The van der Waals surface area contributed by atoms with Crippen LogP contribution in [-0.2, 0) is 27.8 Å². The first-order valence-electron chi connectivity index (χ1n) is 7.67. The molecule has 5 nitrogen and oxygen atoms in total.